The van der Waals surface area contributed by atoms with E-state index in [1.807, 2.05) is 49.1 Å². The second-order valence-electron chi connectivity index (χ2n) is 8.95. The smallest absolute Gasteiger partial charge is 0.335 e. The molecule has 5 rings (SSSR count). The van der Waals surface area contributed by atoms with Gasteiger partial charge in [0, 0.05) is 17.4 Å². The number of nitrogens with one attached hydrogen (secondary N) is 1. The first kappa shape index (κ1) is 24.2. The van der Waals surface area contributed by atoms with E-state index in [2.05, 4.69) is 16.4 Å². The monoisotopic (exact) mass is 513 g/mol. The topological polar surface area (TPSA) is 116 Å². The average molecular weight is 514 g/mol. The van der Waals surface area contributed by atoms with Crippen molar-refractivity contribution in [3.05, 3.63) is 107 Å². The largest absolute Gasteiger partial charge is 0.478 e. The number of pyridine rings is 1. The number of rotatable bonds is 6. The van der Waals surface area contributed by atoms with E-state index >= 15 is 0 Å². The molecule has 2 aromatic carbocycles. The van der Waals surface area contributed by atoms with Crippen molar-refractivity contribution in [2.75, 3.05) is 4.90 Å². The third kappa shape index (κ3) is 4.68. The van der Waals surface area contributed by atoms with E-state index in [1.165, 1.54) is 12.1 Å². The molecule has 4 aromatic rings. The Morgan fingerprint density at radius 2 is 1.62 bits per heavy atom. The van der Waals surface area contributed by atoms with Crippen molar-refractivity contribution in [2.45, 2.75) is 25.9 Å². The zero-order valence-electron chi connectivity index (χ0n) is 20.0. The molecule has 0 radical (unpaired) electrons. The molecule has 1 saturated heterocycles. The summed E-state index contributed by atoms with van der Waals surface area (Å²) < 4.78 is 6.28. The highest BCUT2D eigenvalue weighted by molar-refractivity contribution is 7.80. The lowest BCUT2D eigenvalue weighted by Crippen LogP contribution is -2.29. The van der Waals surface area contributed by atoms with Crippen LogP contribution in [0.5, 0.6) is 0 Å². The van der Waals surface area contributed by atoms with Crippen molar-refractivity contribution in [1.29, 1.82) is 0 Å². The summed E-state index contributed by atoms with van der Waals surface area (Å²) in [6.45, 7) is 4.05. The van der Waals surface area contributed by atoms with Crippen LogP contribution in [0.2, 0.25) is 0 Å². The van der Waals surface area contributed by atoms with Crippen molar-refractivity contribution in [3.63, 3.8) is 0 Å². The molecule has 2 aromatic heterocycles. The summed E-state index contributed by atoms with van der Waals surface area (Å²) in [5.74, 6) is -1.54. The van der Waals surface area contributed by atoms with E-state index in [4.69, 9.17) is 16.6 Å². The van der Waals surface area contributed by atoms with Crippen LogP contribution in [0, 0.1) is 13.8 Å². The second-order valence-corrected chi connectivity index (χ2v) is 9.34. The Bertz CT molecular complexity index is 1480. The molecule has 9 heteroatoms. The first-order valence-electron chi connectivity index (χ1n) is 11.5. The molecule has 3 N–H and O–H groups in total. The number of thiocarbonyl (C=S) groups is 1. The number of benzene rings is 2. The van der Waals surface area contributed by atoms with Crippen LogP contribution in [0.4, 0.5) is 5.69 Å². The fourth-order valence-corrected chi connectivity index (χ4v) is 5.04. The zero-order valence-corrected chi connectivity index (χ0v) is 20.8. The molecule has 0 amide bonds. The number of aromatic nitrogens is 1. The Morgan fingerprint density at radius 1 is 0.946 bits per heavy atom. The minimum atomic E-state index is -1.22. The quantitative estimate of drug-likeness (QED) is 0.286. The van der Waals surface area contributed by atoms with Gasteiger partial charge in [-0.25, -0.2) is 9.59 Å². The standard InChI is InChI=1S/C28H23N3O5S/c1-15-9-16(2)11-20(10-15)31-25(24(30-28(31)37)21-5-3-4-8-29-21)23-7-6-22(36-23)17-12-18(26(32)33)14-19(13-17)27(34)35/h3-14,24-25H,1-2H3,(H,30,37)(H,32,33)(H,34,35)/t24-,25+/m0/s1. The number of anilines is 1. The lowest BCUT2D eigenvalue weighted by molar-refractivity contribution is 0.0696. The summed E-state index contributed by atoms with van der Waals surface area (Å²) in [6, 6.07) is 18.5. The van der Waals surface area contributed by atoms with Crippen molar-refractivity contribution in [1.82, 2.24) is 10.3 Å². The van der Waals surface area contributed by atoms with Crippen LogP contribution in [0.3, 0.4) is 0 Å². The number of carbonyl (C=O) groups is 2. The van der Waals surface area contributed by atoms with E-state index in [9.17, 15) is 19.8 Å². The molecule has 1 aliphatic heterocycles. The Morgan fingerprint density at radius 3 is 2.22 bits per heavy atom. The summed E-state index contributed by atoms with van der Waals surface area (Å²) in [6.07, 6.45) is 1.72. The van der Waals surface area contributed by atoms with Crippen molar-refractivity contribution in [3.8, 4) is 11.3 Å². The van der Waals surface area contributed by atoms with E-state index in [1.54, 1.807) is 18.3 Å². The van der Waals surface area contributed by atoms with Gasteiger partial charge in [-0.1, -0.05) is 12.1 Å². The Balaban J connectivity index is 1.63. The van der Waals surface area contributed by atoms with Crippen LogP contribution in [0.25, 0.3) is 11.3 Å². The van der Waals surface area contributed by atoms with E-state index < -0.39 is 18.0 Å². The first-order valence-corrected chi connectivity index (χ1v) is 11.9. The highest BCUT2D eigenvalue weighted by atomic mass is 32.1. The van der Waals surface area contributed by atoms with Gasteiger partial charge in [-0.2, -0.15) is 0 Å². The van der Waals surface area contributed by atoms with E-state index in [0.29, 0.717) is 22.2 Å². The van der Waals surface area contributed by atoms with E-state index in [0.717, 1.165) is 28.6 Å². The van der Waals surface area contributed by atoms with Crippen LogP contribution >= 0.6 is 12.2 Å². The third-order valence-corrected chi connectivity index (χ3v) is 6.53. The molecule has 37 heavy (non-hydrogen) atoms. The lowest BCUT2D eigenvalue weighted by Gasteiger charge is -2.26. The van der Waals surface area contributed by atoms with Gasteiger partial charge in [-0.3, -0.25) is 4.98 Å². The summed E-state index contributed by atoms with van der Waals surface area (Å²) in [7, 11) is 0. The number of hydrogen-bond acceptors (Lipinski definition) is 5. The minimum Gasteiger partial charge on any atom is -0.478 e. The Kier molecular flexibility index (Phi) is 6.22. The van der Waals surface area contributed by atoms with Gasteiger partial charge in [0.25, 0.3) is 0 Å². The predicted molar refractivity (Wildman–Crippen MR) is 142 cm³/mol. The van der Waals surface area contributed by atoms with Gasteiger partial charge in [0.05, 0.1) is 22.9 Å². The number of hydrogen-bond donors (Lipinski definition) is 3. The van der Waals surface area contributed by atoms with Crippen molar-refractivity contribution >= 4 is 35.0 Å². The highest BCUT2D eigenvalue weighted by Crippen LogP contribution is 2.43. The molecule has 1 aliphatic rings. The normalized spacial score (nSPS) is 17.0. The van der Waals surface area contributed by atoms with E-state index in [-0.39, 0.29) is 17.2 Å². The number of aryl methyl sites for hydroxylation is 2. The molecule has 0 spiro atoms. The maximum Gasteiger partial charge on any atom is 0.335 e. The van der Waals surface area contributed by atoms with Gasteiger partial charge in [-0.15, -0.1) is 0 Å². The van der Waals surface area contributed by atoms with Crippen LogP contribution < -0.4 is 10.2 Å². The number of carboxylic acid groups (broad SMARTS) is 2. The molecule has 2 atom stereocenters. The van der Waals surface area contributed by atoms with Gasteiger partial charge in [0.15, 0.2) is 5.11 Å². The van der Waals surface area contributed by atoms with Crippen LogP contribution in [-0.2, 0) is 0 Å². The maximum atomic E-state index is 11.6. The van der Waals surface area contributed by atoms with Crippen molar-refractivity contribution < 1.29 is 24.2 Å². The van der Waals surface area contributed by atoms with Crippen molar-refractivity contribution in [2.24, 2.45) is 0 Å². The summed E-state index contributed by atoms with van der Waals surface area (Å²) in [5, 5.41) is 22.9. The maximum absolute atomic E-state index is 11.6. The third-order valence-electron chi connectivity index (χ3n) is 6.21. The van der Waals surface area contributed by atoms with Gasteiger partial charge >= 0.3 is 11.9 Å². The molecule has 3 heterocycles. The van der Waals surface area contributed by atoms with Gasteiger partial charge < -0.3 is 24.8 Å². The summed E-state index contributed by atoms with van der Waals surface area (Å²) in [5.41, 5.74) is 3.93. The first-order chi connectivity index (χ1) is 17.7. The SMILES string of the molecule is Cc1cc(C)cc(N2C(=S)N[C@@H](c3ccccn3)[C@H]2c2ccc(-c3cc(C(=O)O)cc(C(=O)O)c3)o2)c1. The Labute approximate surface area is 218 Å². The Hall–Kier alpha value is -4.50. The summed E-state index contributed by atoms with van der Waals surface area (Å²) in [4.78, 5) is 29.7. The van der Waals surface area contributed by atoms with Crippen LogP contribution in [0.1, 0.15) is 55.4 Å². The summed E-state index contributed by atoms with van der Waals surface area (Å²) >= 11 is 5.77. The van der Waals surface area contributed by atoms with Crippen LogP contribution in [0.15, 0.2) is 77.3 Å². The highest BCUT2D eigenvalue weighted by Gasteiger charge is 2.42. The second kappa shape index (κ2) is 9.51. The molecule has 0 aliphatic carbocycles. The van der Waals surface area contributed by atoms with Gasteiger partial charge in [-0.05, 0) is 91.8 Å². The molecular formula is C28H23N3O5S. The molecule has 186 valence electrons. The predicted octanol–water partition coefficient (Wildman–Crippen LogP) is 5.53. The molecule has 0 saturated carbocycles. The van der Waals surface area contributed by atoms with Gasteiger partial charge in [0.2, 0.25) is 0 Å². The molecule has 1 fully saturated rings. The fraction of sp³-hybridized carbons (Fsp3) is 0.143. The molecule has 8 nitrogen and oxygen atoms in total. The number of furan rings is 1. The number of aromatic carboxylic acids is 2. The molecule has 0 bridgehead atoms. The zero-order chi connectivity index (χ0) is 26.3. The van der Waals surface area contributed by atoms with Gasteiger partial charge in [0.1, 0.15) is 17.6 Å². The number of nitrogens with zero attached hydrogens (tertiary/aromatic N) is 2. The van der Waals surface area contributed by atoms with Crippen LogP contribution in [-0.4, -0.2) is 32.2 Å². The molecule has 0 unspecified atom stereocenters. The number of carboxylic acids is 2. The lowest BCUT2D eigenvalue weighted by atomic mass is 10.0. The average Bonchev–Trinajstić information content (AvgIpc) is 3.48. The molecular weight excluding hydrogens is 490 g/mol. The fourth-order valence-electron chi connectivity index (χ4n) is 4.70. The minimum absolute atomic E-state index is 0.139.